The minimum absolute atomic E-state index is 0.0307. The number of anilines is 2. The van der Waals surface area contributed by atoms with Crippen molar-refractivity contribution in [1.82, 2.24) is 0 Å². The van der Waals surface area contributed by atoms with Crippen molar-refractivity contribution in [2.24, 2.45) is 4.40 Å². The third-order valence-corrected chi connectivity index (χ3v) is 6.90. The Hall–Kier alpha value is -2.91. The summed E-state index contributed by atoms with van der Waals surface area (Å²) < 4.78 is 34.7. The van der Waals surface area contributed by atoms with Gasteiger partial charge in [0, 0.05) is 23.7 Å². The maximum atomic E-state index is 12.7. The highest BCUT2D eigenvalue weighted by atomic mass is 35.5. The van der Waals surface area contributed by atoms with Crippen LogP contribution in [-0.4, -0.2) is 38.8 Å². The summed E-state index contributed by atoms with van der Waals surface area (Å²) in [4.78, 5) is 26.9. The second-order valence-corrected chi connectivity index (χ2v) is 9.68. The van der Waals surface area contributed by atoms with Gasteiger partial charge in [-0.15, -0.1) is 4.40 Å². The maximum absolute atomic E-state index is 12.7. The largest absolute Gasteiger partial charge is 0.449 e. The smallest absolute Gasteiger partial charge is 0.338 e. The van der Waals surface area contributed by atoms with Crippen molar-refractivity contribution in [3.8, 4) is 0 Å². The number of fused-ring (bicyclic) bond motifs is 3. The summed E-state index contributed by atoms with van der Waals surface area (Å²) in [7, 11) is -3.93. The van der Waals surface area contributed by atoms with Crippen LogP contribution in [0, 0.1) is 0 Å². The zero-order chi connectivity index (χ0) is 22.9. The Kier molecular flexibility index (Phi) is 6.21. The van der Waals surface area contributed by atoms with Crippen molar-refractivity contribution in [1.29, 1.82) is 0 Å². The van der Waals surface area contributed by atoms with Crippen LogP contribution in [0.1, 0.15) is 43.0 Å². The molecule has 1 N–H and O–H groups in total. The number of halogens is 1. The van der Waals surface area contributed by atoms with Gasteiger partial charge in [0.2, 0.25) is 0 Å². The number of esters is 1. The fourth-order valence-electron chi connectivity index (χ4n) is 3.70. The standard InChI is InChI=1S/C22H22ClN3O5S/c1-14(21(27)24-17-7-5-6-16(23)13-17)31-22(28)15-9-10-18-19(12-15)32(29,30)25-20-8-3-2-4-11-26(18)20/h5-7,9-10,12-14H,2-4,8,11H2,1H3,(H,24,27). The third kappa shape index (κ3) is 4.63. The summed E-state index contributed by atoms with van der Waals surface area (Å²) in [5, 5.41) is 3.07. The van der Waals surface area contributed by atoms with Crippen LogP contribution in [0.15, 0.2) is 51.8 Å². The van der Waals surface area contributed by atoms with Crippen LogP contribution in [0.2, 0.25) is 5.02 Å². The lowest BCUT2D eigenvalue weighted by Crippen LogP contribution is -2.35. The van der Waals surface area contributed by atoms with Crippen molar-refractivity contribution in [3.05, 3.63) is 53.1 Å². The van der Waals surface area contributed by atoms with Gasteiger partial charge in [0.1, 0.15) is 10.7 Å². The number of nitrogens with one attached hydrogen (secondary N) is 1. The van der Waals surface area contributed by atoms with Gasteiger partial charge in [0.05, 0.1) is 11.3 Å². The van der Waals surface area contributed by atoms with E-state index in [9.17, 15) is 18.0 Å². The summed E-state index contributed by atoms with van der Waals surface area (Å²) in [6, 6.07) is 10.9. The molecule has 0 aliphatic carbocycles. The van der Waals surface area contributed by atoms with Crippen LogP contribution in [-0.2, 0) is 19.6 Å². The molecule has 1 atom stereocenters. The molecular weight excluding hydrogens is 454 g/mol. The third-order valence-electron chi connectivity index (χ3n) is 5.33. The molecule has 0 saturated carbocycles. The van der Waals surface area contributed by atoms with Crippen LogP contribution in [0.5, 0.6) is 0 Å². The first-order valence-electron chi connectivity index (χ1n) is 10.3. The Labute approximate surface area is 191 Å². The molecule has 2 aromatic rings. The van der Waals surface area contributed by atoms with Gasteiger partial charge in [-0.05, 0) is 56.2 Å². The average Bonchev–Trinajstić information content (AvgIpc) is 2.98. The summed E-state index contributed by atoms with van der Waals surface area (Å²) in [6.07, 6.45) is 2.32. The summed E-state index contributed by atoms with van der Waals surface area (Å²) in [5.41, 5.74) is 1.01. The fourth-order valence-corrected chi connectivity index (χ4v) is 5.17. The first kappa shape index (κ1) is 22.3. The Bertz CT molecular complexity index is 1210. The van der Waals surface area contributed by atoms with Gasteiger partial charge in [-0.3, -0.25) is 4.79 Å². The predicted molar refractivity (Wildman–Crippen MR) is 122 cm³/mol. The minimum Gasteiger partial charge on any atom is -0.449 e. The molecule has 1 unspecified atom stereocenters. The van der Waals surface area contributed by atoms with Crippen molar-refractivity contribution < 1.29 is 22.7 Å². The van der Waals surface area contributed by atoms with E-state index in [1.54, 1.807) is 30.3 Å². The van der Waals surface area contributed by atoms with E-state index in [-0.39, 0.29) is 10.5 Å². The molecule has 2 heterocycles. The normalized spacial score (nSPS) is 17.8. The SMILES string of the molecule is CC(OC(=O)c1ccc2c(c1)S(=O)(=O)N=C1CCCCCN12)C(=O)Nc1cccc(Cl)c1. The van der Waals surface area contributed by atoms with Crippen LogP contribution < -0.4 is 10.2 Å². The molecule has 0 spiro atoms. The van der Waals surface area contributed by atoms with Gasteiger partial charge < -0.3 is 15.0 Å². The van der Waals surface area contributed by atoms with Crippen LogP contribution >= 0.6 is 11.6 Å². The number of hydrogen-bond acceptors (Lipinski definition) is 6. The average molecular weight is 476 g/mol. The first-order valence-corrected chi connectivity index (χ1v) is 12.1. The molecule has 8 nitrogen and oxygen atoms in total. The van der Waals surface area contributed by atoms with E-state index >= 15 is 0 Å². The Morgan fingerprint density at radius 3 is 2.75 bits per heavy atom. The van der Waals surface area contributed by atoms with Crippen LogP contribution in [0.25, 0.3) is 0 Å². The molecule has 1 amide bonds. The van der Waals surface area contributed by atoms with Crippen molar-refractivity contribution in [2.45, 2.75) is 43.6 Å². The summed E-state index contributed by atoms with van der Waals surface area (Å²) >= 11 is 5.91. The Morgan fingerprint density at radius 2 is 1.97 bits per heavy atom. The molecule has 2 aliphatic heterocycles. The molecule has 168 valence electrons. The molecule has 32 heavy (non-hydrogen) atoms. The molecule has 0 radical (unpaired) electrons. The summed E-state index contributed by atoms with van der Waals surface area (Å²) in [6.45, 7) is 2.10. The number of nitrogens with zero attached hydrogens (tertiary/aromatic N) is 2. The molecule has 2 aromatic carbocycles. The van der Waals surface area contributed by atoms with Gasteiger partial charge >= 0.3 is 5.97 Å². The van der Waals surface area contributed by atoms with E-state index in [2.05, 4.69) is 9.71 Å². The van der Waals surface area contributed by atoms with Gasteiger partial charge in [-0.2, -0.15) is 8.42 Å². The lowest BCUT2D eigenvalue weighted by Gasteiger charge is -2.29. The highest BCUT2D eigenvalue weighted by Gasteiger charge is 2.32. The van der Waals surface area contributed by atoms with Crippen molar-refractivity contribution >= 4 is 50.7 Å². The molecular formula is C22H22ClN3O5S. The highest BCUT2D eigenvalue weighted by Crippen LogP contribution is 2.35. The number of carbonyl (C=O) groups is 2. The van der Waals surface area contributed by atoms with E-state index in [1.165, 1.54) is 19.1 Å². The second kappa shape index (κ2) is 8.91. The van der Waals surface area contributed by atoms with E-state index in [4.69, 9.17) is 16.3 Å². The predicted octanol–water partition coefficient (Wildman–Crippen LogP) is 4.01. The van der Waals surface area contributed by atoms with E-state index in [0.29, 0.717) is 35.2 Å². The van der Waals surface area contributed by atoms with E-state index in [0.717, 1.165) is 19.3 Å². The molecule has 4 rings (SSSR count). The zero-order valence-electron chi connectivity index (χ0n) is 17.4. The number of amidine groups is 1. The number of hydrogen-bond donors (Lipinski definition) is 1. The highest BCUT2D eigenvalue weighted by molar-refractivity contribution is 7.90. The van der Waals surface area contributed by atoms with Gasteiger partial charge in [-0.1, -0.05) is 24.1 Å². The second-order valence-electron chi connectivity index (χ2n) is 7.67. The lowest BCUT2D eigenvalue weighted by molar-refractivity contribution is -0.123. The number of ether oxygens (including phenoxy) is 1. The van der Waals surface area contributed by atoms with Gasteiger partial charge in [0.25, 0.3) is 15.9 Å². The van der Waals surface area contributed by atoms with Gasteiger partial charge in [0.15, 0.2) is 6.10 Å². The molecule has 0 bridgehead atoms. The maximum Gasteiger partial charge on any atom is 0.338 e. The number of carbonyl (C=O) groups excluding carboxylic acids is 2. The monoisotopic (exact) mass is 475 g/mol. The fraction of sp³-hybridized carbons (Fsp3) is 0.318. The molecule has 0 aromatic heterocycles. The molecule has 1 fully saturated rings. The lowest BCUT2D eigenvalue weighted by atomic mass is 10.1. The summed E-state index contributed by atoms with van der Waals surface area (Å²) in [5.74, 6) is -0.802. The number of rotatable bonds is 4. The number of benzene rings is 2. The van der Waals surface area contributed by atoms with E-state index in [1.807, 2.05) is 4.90 Å². The van der Waals surface area contributed by atoms with Gasteiger partial charge in [-0.25, -0.2) is 4.79 Å². The van der Waals surface area contributed by atoms with Crippen molar-refractivity contribution in [2.75, 3.05) is 16.8 Å². The first-order chi connectivity index (χ1) is 15.2. The minimum atomic E-state index is -3.93. The number of amides is 1. The molecule has 10 heteroatoms. The zero-order valence-corrected chi connectivity index (χ0v) is 18.9. The topological polar surface area (TPSA) is 105 Å². The molecule has 1 saturated heterocycles. The van der Waals surface area contributed by atoms with Crippen LogP contribution in [0.3, 0.4) is 0 Å². The van der Waals surface area contributed by atoms with E-state index < -0.39 is 28.0 Å². The van der Waals surface area contributed by atoms with Crippen LogP contribution in [0.4, 0.5) is 11.4 Å². The quantitative estimate of drug-likeness (QED) is 0.670. The number of sulfonamides is 1. The van der Waals surface area contributed by atoms with Crippen molar-refractivity contribution in [3.63, 3.8) is 0 Å². The molecule has 2 aliphatic rings. The Balaban J connectivity index is 1.52. The Morgan fingerprint density at radius 1 is 1.16 bits per heavy atom.